The normalized spacial score (nSPS) is 15.1. The van der Waals surface area contributed by atoms with E-state index in [1.165, 1.54) is 0 Å². The molecule has 2 amide bonds. The van der Waals surface area contributed by atoms with Gasteiger partial charge in [0.1, 0.15) is 5.82 Å². The molecule has 0 aromatic carbocycles. The number of nitrogens with one attached hydrogen (secondary N) is 1. The monoisotopic (exact) mass is 482 g/mol. The number of thiophene rings is 1. The van der Waals surface area contributed by atoms with E-state index in [9.17, 15) is 18.0 Å². The minimum absolute atomic E-state index is 0.0500. The number of pyridine rings is 1. The second kappa shape index (κ2) is 8.24. The van der Waals surface area contributed by atoms with Crippen LogP contribution in [-0.2, 0) is 12.7 Å². The number of carbonyl (C=O) groups excluding carboxylic acids is 1. The molecule has 1 aliphatic heterocycles. The number of hydrogen-bond acceptors (Lipinski definition) is 4. The number of amides is 2. The van der Waals surface area contributed by atoms with Gasteiger partial charge in [-0.2, -0.15) is 13.2 Å². The lowest BCUT2D eigenvalue weighted by Crippen LogP contribution is -2.52. The van der Waals surface area contributed by atoms with Gasteiger partial charge in [0, 0.05) is 47.1 Å². The summed E-state index contributed by atoms with van der Waals surface area (Å²) in [4.78, 5) is 20.6. The Morgan fingerprint density at radius 1 is 1.30 bits per heavy atom. The summed E-state index contributed by atoms with van der Waals surface area (Å²) < 4.78 is 39.1. The van der Waals surface area contributed by atoms with Crippen molar-refractivity contribution in [1.82, 2.24) is 15.2 Å². The van der Waals surface area contributed by atoms with Gasteiger partial charge >= 0.3 is 12.2 Å². The fourth-order valence-corrected chi connectivity index (χ4v) is 4.34. The van der Waals surface area contributed by atoms with Gasteiger partial charge < -0.3 is 15.1 Å². The van der Waals surface area contributed by atoms with Crippen LogP contribution in [0.2, 0.25) is 5.02 Å². The van der Waals surface area contributed by atoms with Crippen LogP contribution in [0.5, 0.6) is 0 Å². The maximum absolute atomic E-state index is 12.7. The highest BCUT2D eigenvalue weighted by atomic mass is 79.9. The molecule has 0 unspecified atom stereocenters. The Kier molecular flexibility index (Phi) is 6.17. The van der Waals surface area contributed by atoms with E-state index in [0.29, 0.717) is 38.5 Å². The topological polar surface area (TPSA) is 48.5 Å². The molecule has 0 atom stereocenters. The average Bonchev–Trinajstić information content (AvgIpc) is 3.04. The molecule has 1 N–H and O–H groups in total. The molecule has 3 rings (SSSR count). The molecule has 0 radical (unpaired) electrons. The van der Waals surface area contributed by atoms with E-state index in [2.05, 4.69) is 26.2 Å². The van der Waals surface area contributed by atoms with Crippen LogP contribution in [-0.4, -0.2) is 42.1 Å². The molecule has 3 heterocycles. The van der Waals surface area contributed by atoms with Gasteiger partial charge in [-0.1, -0.05) is 11.6 Å². The van der Waals surface area contributed by atoms with Crippen molar-refractivity contribution in [1.29, 1.82) is 0 Å². The summed E-state index contributed by atoms with van der Waals surface area (Å²) in [6, 6.07) is 2.65. The first kappa shape index (κ1) is 20.2. The molecule has 0 spiro atoms. The highest BCUT2D eigenvalue weighted by molar-refractivity contribution is 9.10. The first-order valence-electron chi connectivity index (χ1n) is 7.97. The summed E-state index contributed by atoms with van der Waals surface area (Å²) in [7, 11) is 0. The maximum Gasteiger partial charge on any atom is 0.417 e. The van der Waals surface area contributed by atoms with Crippen molar-refractivity contribution in [3.8, 4) is 0 Å². The first-order chi connectivity index (χ1) is 12.7. The number of urea groups is 1. The zero-order valence-electron chi connectivity index (χ0n) is 13.9. The Labute approximate surface area is 171 Å². The number of rotatable bonds is 3. The smallest absolute Gasteiger partial charge is 0.352 e. The molecule has 1 aliphatic rings. The number of piperazine rings is 1. The quantitative estimate of drug-likeness (QED) is 0.694. The Bertz CT molecular complexity index is 824. The third-order valence-electron chi connectivity index (χ3n) is 4.05. The predicted molar refractivity (Wildman–Crippen MR) is 102 cm³/mol. The number of alkyl halides is 3. The second-order valence-corrected chi connectivity index (χ2v) is 8.21. The van der Waals surface area contributed by atoms with E-state index >= 15 is 0 Å². The number of halogens is 5. The minimum atomic E-state index is -4.48. The van der Waals surface area contributed by atoms with Crippen LogP contribution < -0.4 is 10.2 Å². The van der Waals surface area contributed by atoms with Crippen LogP contribution in [0.3, 0.4) is 0 Å². The fourth-order valence-electron chi connectivity index (χ4n) is 2.66. The average molecular weight is 484 g/mol. The molecule has 1 fully saturated rings. The van der Waals surface area contributed by atoms with Crippen molar-refractivity contribution in [2.45, 2.75) is 12.7 Å². The van der Waals surface area contributed by atoms with Gasteiger partial charge in [-0.05, 0) is 28.1 Å². The third kappa shape index (κ3) is 5.05. The Morgan fingerprint density at radius 3 is 2.56 bits per heavy atom. The van der Waals surface area contributed by atoms with Gasteiger partial charge in [-0.25, -0.2) is 9.78 Å². The van der Waals surface area contributed by atoms with Crippen molar-refractivity contribution in [2.75, 3.05) is 31.1 Å². The molecule has 2 aromatic heterocycles. The second-order valence-electron chi connectivity index (χ2n) is 5.89. The zero-order chi connectivity index (χ0) is 19.6. The summed E-state index contributed by atoms with van der Waals surface area (Å²) in [5, 5.41) is 4.76. The van der Waals surface area contributed by atoms with E-state index in [1.807, 2.05) is 11.4 Å². The van der Waals surface area contributed by atoms with Crippen LogP contribution in [0, 0.1) is 0 Å². The SMILES string of the molecule is O=C(NCc1cc(Br)cs1)N1CCN(c2ncc(C(F)(F)F)cc2Cl)CC1. The summed E-state index contributed by atoms with van der Waals surface area (Å²) in [5.41, 5.74) is -0.880. The molecule has 146 valence electrons. The van der Waals surface area contributed by atoms with Crippen molar-refractivity contribution >= 4 is 50.7 Å². The Balaban J connectivity index is 1.54. The van der Waals surface area contributed by atoms with Crippen LogP contribution in [0.15, 0.2) is 28.2 Å². The Morgan fingerprint density at radius 2 is 2.00 bits per heavy atom. The fraction of sp³-hybridized carbons (Fsp3) is 0.375. The van der Waals surface area contributed by atoms with Gasteiger partial charge in [0.15, 0.2) is 0 Å². The lowest BCUT2D eigenvalue weighted by Gasteiger charge is -2.35. The standard InChI is InChI=1S/C16H15BrClF3N4OS/c17-11-6-12(27-9-11)8-23-15(26)25-3-1-24(2-4-25)14-13(18)5-10(7-22-14)16(19,20)21/h5-7,9H,1-4,8H2,(H,23,26). The predicted octanol–water partition coefficient (Wildman–Crippen LogP) is 4.61. The Hall–Kier alpha value is -1.52. The highest BCUT2D eigenvalue weighted by Gasteiger charge is 2.32. The van der Waals surface area contributed by atoms with Crippen molar-refractivity contribution < 1.29 is 18.0 Å². The van der Waals surface area contributed by atoms with Crippen molar-refractivity contribution in [3.63, 3.8) is 0 Å². The number of nitrogens with zero attached hydrogens (tertiary/aromatic N) is 3. The van der Waals surface area contributed by atoms with E-state index in [4.69, 9.17) is 11.6 Å². The molecule has 0 aliphatic carbocycles. The zero-order valence-corrected chi connectivity index (χ0v) is 17.1. The molecule has 2 aromatic rings. The van der Waals surface area contributed by atoms with Gasteiger partial charge in [0.2, 0.25) is 0 Å². The van der Waals surface area contributed by atoms with E-state index in [-0.39, 0.29) is 11.1 Å². The van der Waals surface area contributed by atoms with E-state index < -0.39 is 11.7 Å². The number of aromatic nitrogens is 1. The summed E-state index contributed by atoms with van der Waals surface area (Å²) in [6.07, 6.45) is -3.70. The molecule has 5 nitrogen and oxygen atoms in total. The van der Waals surface area contributed by atoms with Crippen LogP contribution in [0.4, 0.5) is 23.8 Å². The largest absolute Gasteiger partial charge is 0.417 e. The summed E-state index contributed by atoms with van der Waals surface area (Å²) >= 11 is 10.9. The van der Waals surface area contributed by atoms with Gasteiger partial charge in [-0.3, -0.25) is 0 Å². The molecule has 1 saturated heterocycles. The van der Waals surface area contributed by atoms with Crippen LogP contribution in [0.1, 0.15) is 10.4 Å². The molecular formula is C16H15BrClF3N4OS. The maximum atomic E-state index is 12.7. The molecule has 0 saturated carbocycles. The van der Waals surface area contributed by atoms with E-state index in [0.717, 1.165) is 21.6 Å². The first-order valence-corrected chi connectivity index (χ1v) is 10.0. The lowest BCUT2D eigenvalue weighted by molar-refractivity contribution is -0.137. The number of anilines is 1. The van der Waals surface area contributed by atoms with Gasteiger partial charge in [0.05, 0.1) is 17.1 Å². The van der Waals surface area contributed by atoms with E-state index in [1.54, 1.807) is 21.1 Å². The summed E-state index contributed by atoms with van der Waals surface area (Å²) in [5.74, 6) is 0.299. The van der Waals surface area contributed by atoms with Crippen molar-refractivity contribution in [3.05, 3.63) is 43.6 Å². The third-order valence-corrected chi connectivity index (χ3v) is 6.03. The summed E-state index contributed by atoms with van der Waals surface area (Å²) in [6.45, 7) is 2.19. The number of carbonyl (C=O) groups is 1. The van der Waals surface area contributed by atoms with Crippen LogP contribution in [0.25, 0.3) is 0 Å². The van der Waals surface area contributed by atoms with Gasteiger partial charge in [-0.15, -0.1) is 11.3 Å². The van der Waals surface area contributed by atoms with Gasteiger partial charge in [0.25, 0.3) is 0 Å². The molecule has 27 heavy (non-hydrogen) atoms. The lowest BCUT2D eigenvalue weighted by atomic mass is 10.2. The molecule has 11 heteroatoms. The molecule has 0 bridgehead atoms. The highest BCUT2D eigenvalue weighted by Crippen LogP contribution is 2.33. The number of hydrogen-bond donors (Lipinski definition) is 1. The minimum Gasteiger partial charge on any atom is -0.352 e. The molecular weight excluding hydrogens is 469 g/mol. The van der Waals surface area contributed by atoms with Crippen LogP contribution >= 0.6 is 38.9 Å². The van der Waals surface area contributed by atoms with Crippen molar-refractivity contribution in [2.24, 2.45) is 0 Å².